The van der Waals surface area contributed by atoms with Crippen LogP contribution in [-0.2, 0) is 10.2 Å². The first-order chi connectivity index (χ1) is 8.27. The highest BCUT2D eigenvalue weighted by atomic mass is 32.2. The van der Waals surface area contributed by atoms with Crippen LogP contribution >= 0.6 is 0 Å². The molecule has 1 aromatic rings. The van der Waals surface area contributed by atoms with Crippen molar-refractivity contribution in [2.45, 2.75) is 19.8 Å². The summed E-state index contributed by atoms with van der Waals surface area (Å²) in [4.78, 5) is 0. The van der Waals surface area contributed by atoms with Crippen molar-refractivity contribution in [1.29, 1.82) is 0 Å². The monoisotopic (exact) mass is 272 g/mol. The minimum absolute atomic E-state index is 0.318. The van der Waals surface area contributed by atoms with Crippen LogP contribution in [0.3, 0.4) is 0 Å². The number of benzene rings is 1. The van der Waals surface area contributed by atoms with Crippen LogP contribution in [0.5, 0.6) is 5.75 Å². The van der Waals surface area contributed by atoms with E-state index in [-0.39, 0.29) is 0 Å². The summed E-state index contributed by atoms with van der Waals surface area (Å²) in [6, 6.07) is 5.49. The molecule has 0 aliphatic carbocycles. The number of anilines is 1. The van der Waals surface area contributed by atoms with Crippen LogP contribution in [0.25, 0.3) is 0 Å². The molecule has 0 atom stereocenters. The Kier molecular flexibility index (Phi) is 4.59. The average Bonchev–Trinajstić information content (AvgIpc) is 2.28. The third kappa shape index (κ3) is 3.36. The molecule has 0 spiro atoms. The molecule has 0 fully saturated rings. The van der Waals surface area contributed by atoms with E-state index in [2.05, 4.69) is 4.72 Å². The predicted molar refractivity (Wildman–Crippen MR) is 73.3 cm³/mol. The largest absolute Gasteiger partial charge is 0.495 e. The third-order valence-electron chi connectivity index (χ3n) is 2.61. The van der Waals surface area contributed by atoms with Gasteiger partial charge < -0.3 is 4.74 Å². The molecular formula is C12H20N2O3S. The van der Waals surface area contributed by atoms with E-state index >= 15 is 0 Å². The summed E-state index contributed by atoms with van der Waals surface area (Å²) < 4.78 is 32.4. The van der Waals surface area contributed by atoms with Gasteiger partial charge in [0, 0.05) is 14.1 Å². The van der Waals surface area contributed by atoms with Gasteiger partial charge in [-0.15, -0.1) is 0 Å². The number of nitrogens with zero attached hydrogens (tertiary/aromatic N) is 1. The van der Waals surface area contributed by atoms with Gasteiger partial charge in [0.25, 0.3) is 0 Å². The molecule has 0 bridgehead atoms. The van der Waals surface area contributed by atoms with E-state index in [0.717, 1.165) is 9.87 Å². The number of methoxy groups -OCH3 is 1. The maximum Gasteiger partial charge on any atom is 0.301 e. The Hall–Kier alpha value is -1.27. The van der Waals surface area contributed by atoms with Gasteiger partial charge in [0.2, 0.25) is 0 Å². The molecule has 1 N–H and O–H groups in total. The molecular weight excluding hydrogens is 252 g/mol. The van der Waals surface area contributed by atoms with E-state index in [0.29, 0.717) is 17.4 Å². The number of ether oxygens (including phenoxy) is 1. The fourth-order valence-electron chi connectivity index (χ4n) is 1.39. The van der Waals surface area contributed by atoms with Gasteiger partial charge in [-0.25, -0.2) is 0 Å². The van der Waals surface area contributed by atoms with Gasteiger partial charge in [-0.3, -0.25) is 4.72 Å². The van der Waals surface area contributed by atoms with Crippen molar-refractivity contribution in [2.24, 2.45) is 0 Å². The van der Waals surface area contributed by atoms with Crippen LogP contribution in [0, 0.1) is 0 Å². The Morgan fingerprint density at radius 3 is 2.33 bits per heavy atom. The van der Waals surface area contributed by atoms with Gasteiger partial charge in [-0.2, -0.15) is 12.7 Å². The number of rotatable bonds is 5. The molecule has 0 aliphatic rings. The first-order valence-corrected chi connectivity index (χ1v) is 7.10. The SMILES string of the molecule is COc1ccc(C(C)C)cc1NS(=O)(=O)N(C)C. The standard InChI is InChI=1S/C12H20N2O3S/c1-9(2)10-6-7-12(17-5)11(8-10)13-18(15,16)14(3)4/h6-9,13H,1-5H3. The van der Waals surface area contributed by atoms with E-state index < -0.39 is 10.2 Å². The van der Waals surface area contributed by atoms with Crippen molar-refractivity contribution in [3.05, 3.63) is 23.8 Å². The second-order valence-electron chi connectivity index (χ2n) is 4.50. The van der Waals surface area contributed by atoms with Gasteiger partial charge in [-0.05, 0) is 23.6 Å². The van der Waals surface area contributed by atoms with E-state index in [1.807, 2.05) is 19.9 Å². The summed E-state index contributed by atoms with van der Waals surface area (Å²) in [5.74, 6) is 0.823. The quantitative estimate of drug-likeness (QED) is 0.892. The third-order valence-corrected chi connectivity index (χ3v) is 4.05. The molecule has 0 saturated carbocycles. The maximum atomic E-state index is 11.8. The van der Waals surface area contributed by atoms with Gasteiger partial charge in [0.05, 0.1) is 12.8 Å². The van der Waals surface area contributed by atoms with E-state index in [1.54, 1.807) is 12.1 Å². The lowest BCUT2D eigenvalue weighted by molar-refractivity contribution is 0.416. The summed E-state index contributed by atoms with van der Waals surface area (Å²) >= 11 is 0. The maximum absolute atomic E-state index is 11.8. The molecule has 6 heteroatoms. The van der Waals surface area contributed by atoms with Crippen LogP contribution in [0.1, 0.15) is 25.3 Å². The Balaban J connectivity index is 3.17. The zero-order valence-electron chi connectivity index (χ0n) is 11.4. The zero-order valence-corrected chi connectivity index (χ0v) is 12.2. The van der Waals surface area contributed by atoms with E-state index in [9.17, 15) is 8.42 Å². The molecule has 102 valence electrons. The Morgan fingerprint density at radius 2 is 1.89 bits per heavy atom. The first kappa shape index (κ1) is 14.8. The van der Waals surface area contributed by atoms with Crippen LogP contribution < -0.4 is 9.46 Å². The molecule has 18 heavy (non-hydrogen) atoms. The van der Waals surface area contributed by atoms with Crippen molar-refractivity contribution in [3.8, 4) is 5.75 Å². The molecule has 0 saturated heterocycles. The molecule has 1 aromatic carbocycles. The molecule has 0 heterocycles. The molecule has 0 amide bonds. The van der Waals surface area contributed by atoms with Crippen LogP contribution in [0.4, 0.5) is 5.69 Å². The Morgan fingerprint density at radius 1 is 1.28 bits per heavy atom. The second-order valence-corrected chi connectivity index (χ2v) is 6.39. The number of hydrogen-bond donors (Lipinski definition) is 1. The highest BCUT2D eigenvalue weighted by Crippen LogP contribution is 2.29. The Bertz CT molecular complexity index is 510. The van der Waals surface area contributed by atoms with Crippen LogP contribution in [0.2, 0.25) is 0 Å². The van der Waals surface area contributed by atoms with Crippen LogP contribution in [0.15, 0.2) is 18.2 Å². The van der Waals surface area contributed by atoms with E-state index in [4.69, 9.17) is 4.74 Å². The molecule has 0 unspecified atom stereocenters. The van der Waals surface area contributed by atoms with Gasteiger partial charge in [-0.1, -0.05) is 19.9 Å². The van der Waals surface area contributed by atoms with Crippen molar-refractivity contribution in [3.63, 3.8) is 0 Å². The topological polar surface area (TPSA) is 58.6 Å². The minimum Gasteiger partial charge on any atom is -0.495 e. The van der Waals surface area contributed by atoms with Crippen molar-refractivity contribution < 1.29 is 13.2 Å². The summed E-state index contributed by atoms with van der Waals surface area (Å²) in [5, 5.41) is 0. The summed E-state index contributed by atoms with van der Waals surface area (Å²) in [6.07, 6.45) is 0. The zero-order chi connectivity index (χ0) is 13.9. The molecule has 5 nitrogen and oxygen atoms in total. The summed E-state index contributed by atoms with van der Waals surface area (Å²) in [7, 11) is 0.935. The lowest BCUT2D eigenvalue weighted by atomic mass is 10.0. The normalized spacial score (nSPS) is 11.9. The first-order valence-electron chi connectivity index (χ1n) is 5.66. The van der Waals surface area contributed by atoms with Crippen molar-refractivity contribution >= 4 is 15.9 Å². The molecule has 0 radical (unpaired) electrons. The van der Waals surface area contributed by atoms with E-state index in [1.165, 1.54) is 21.2 Å². The van der Waals surface area contributed by atoms with Gasteiger partial charge in [0.1, 0.15) is 5.75 Å². The lowest BCUT2D eigenvalue weighted by Gasteiger charge is -2.17. The molecule has 0 aliphatic heterocycles. The second kappa shape index (κ2) is 5.58. The highest BCUT2D eigenvalue weighted by Gasteiger charge is 2.16. The van der Waals surface area contributed by atoms with Crippen molar-refractivity contribution in [1.82, 2.24) is 4.31 Å². The minimum atomic E-state index is -3.52. The lowest BCUT2D eigenvalue weighted by Crippen LogP contribution is -2.29. The average molecular weight is 272 g/mol. The van der Waals surface area contributed by atoms with Gasteiger partial charge >= 0.3 is 10.2 Å². The smallest absolute Gasteiger partial charge is 0.301 e. The molecule has 0 aromatic heterocycles. The number of nitrogens with one attached hydrogen (secondary N) is 1. The van der Waals surface area contributed by atoms with Crippen molar-refractivity contribution in [2.75, 3.05) is 25.9 Å². The fourth-order valence-corrected chi connectivity index (χ4v) is 2.01. The fraction of sp³-hybridized carbons (Fsp3) is 0.500. The predicted octanol–water partition coefficient (Wildman–Crippen LogP) is 2.04. The summed E-state index contributed by atoms with van der Waals surface area (Å²) in [5.41, 5.74) is 1.50. The van der Waals surface area contributed by atoms with Gasteiger partial charge in [0.15, 0.2) is 0 Å². The Labute approximate surface area is 109 Å². The summed E-state index contributed by atoms with van der Waals surface area (Å²) in [6.45, 7) is 4.10. The highest BCUT2D eigenvalue weighted by molar-refractivity contribution is 7.90. The number of hydrogen-bond acceptors (Lipinski definition) is 3. The van der Waals surface area contributed by atoms with Crippen LogP contribution in [-0.4, -0.2) is 33.9 Å². The molecule has 1 rings (SSSR count).